The van der Waals surface area contributed by atoms with Gasteiger partial charge in [-0.3, -0.25) is 9.59 Å². The summed E-state index contributed by atoms with van der Waals surface area (Å²) in [6, 6.07) is -0.826. The first-order chi connectivity index (χ1) is 30.2. The van der Waals surface area contributed by atoms with Gasteiger partial charge < -0.3 is 45.1 Å². The zero-order chi connectivity index (χ0) is 45.3. The molecule has 7 atom stereocenters. The Labute approximate surface area is 378 Å². The maximum Gasteiger partial charge on any atom is 0.305 e. The lowest BCUT2D eigenvalue weighted by atomic mass is 9.99. The molecule has 11 heteroatoms. The molecule has 1 rings (SSSR count). The van der Waals surface area contributed by atoms with Crippen molar-refractivity contribution in [3.8, 4) is 0 Å². The second kappa shape index (κ2) is 41.8. The van der Waals surface area contributed by atoms with Crippen LogP contribution < -0.4 is 5.32 Å². The third-order valence-corrected chi connectivity index (χ3v) is 12.1. The summed E-state index contributed by atoms with van der Waals surface area (Å²) in [4.78, 5) is 25.0. The number of allylic oxidation sites excluding steroid dienone is 3. The monoisotopic (exact) mass is 882 g/mol. The molecule has 6 N–H and O–H groups in total. The highest BCUT2D eigenvalue weighted by molar-refractivity contribution is 5.76. The second-order valence-corrected chi connectivity index (χ2v) is 17.9. The molecule has 0 aromatic carbocycles. The van der Waals surface area contributed by atoms with Crippen molar-refractivity contribution in [1.82, 2.24) is 5.32 Å². The Hall–Kier alpha value is -1.86. The molecule has 0 aromatic heterocycles. The first-order valence-electron chi connectivity index (χ1n) is 25.6. The maximum atomic E-state index is 12.9. The molecule has 1 saturated heterocycles. The summed E-state index contributed by atoms with van der Waals surface area (Å²) in [5.74, 6) is -0.256. The topological polar surface area (TPSA) is 175 Å². The number of hydrogen-bond acceptors (Lipinski definition) is 10. The van der Waals surface area contributed by atoms with Crippen LogP contribution in [0.15, 0.2) is 24.3 Å². The zero-order valence-electron chi connectivity index (χ0n) is 39.6. The van der Waals surface area contributed by atoms with E-state index >= 15 is 0 Å². The summed E-state index contributed by atoms with van der Waals surface area (Å²) >= 11 is 0. The molecule has 0 radical (unpaired) electrons. The number of carbonyl (C=O) groups is 2. The van der Waals surface area contributed by atoms with Crippen molar-refractivity contribution < 1.29 is 49.3 Å². The molecule has 1 aliphatic rings. The molecule has 1 fully saturated rings. The smallest absolute Gasteiger partial charge is 0.305 e. The Morgan fingerprint density at radius 2 is 1.03 bits per heavy atom. The lowest BCUT2D eigenvalue weighted by Crippen LogP contribution is -2.60. The van der Waals surface area contributed by atoms with Gasteiger partial charge in [-0.1, -0.05) is 173 Å². The number of nitrogens with one attached hydrogen (secondary N) is 1. The number of unbranched alkanes of at least 4 members (excludes halogenated alkanes) is 27. The van der Waals surface area contributed by atoms with Gasteiger partial charge in [-0.05, 0) is 64.2 Å². The molecule has 1 heterocycles. The number of aliphatic hydroxyl groups excluding tert-OH is 5. The highest BCUT2D eigenvalue weighted by Gasteiger charge is 2.44. The van der Waals surface area contributed by atoms with Gasteiger partial charge in [0.2, 0.25) is 5.91 Å². The normalized spacial score (nSPS) is 20.3. The highest BCUT2D eigenvalue weighted by Crippen LogP contribution is 2.23. The van der Waals surface area contributed by atoms with Crippen LogP contribution >= 0.6 is 0 Å². The van der Waals surface area contributed by atoms with Gasteiger partial charge in [-0.2, -0.15) is 0 Å². The maximum absolute atomic E-state index is 12.9. The lowest BCUT2D eigenvalue weighted by molar-refractivity contribution is -0.302. The van der Waals surface area contributed by atoms with Crippen LogP contribution in [0.4, 0.5) is 0 Å². The van der Waals surface area contributed by atoms with Crippen molar-refractivity contribution in [3.63, 3.8) is 0 Å². The highest BCUT2D eigenvalue weighted by atomic mass is 16.7. The molecule has 7 unspecified atom stereocenters. The minimum absolute atomic E-state index is 0.0460. The van der Waals surface area contributed by atoms with Gasteiger partial charge in [0.15, 0.2) is 6.29 Å². The van der Waals surface area contributed by atoms with E-state index in [2.05, 4.69) is 31.3 Å². The van der Waals surface area contributed by atoms with E-state index in [4.69, 9.17) is 14.2 Å². The zero-order valence-corrected chi connectivity index (χ0v) is 39.6. The Kier molecular flexibility index (Phi) is 39.2. The van der Waals surface area contributed by atoms with Crippen LogP contribution in [0.5, 0.6) is 0 Å². The molecular formula is C51H95NO10. The summed E-state index contributed by atoms with van der Waals surface area (Å²) in [7, 11) is 0. The van der Waals surface area contributed by atoms with Gasteiger partial charge in [0, 0.05) is 12.8 Å². The van der Waals surface area contributed by atoms with Gasteiger partial charge in [0.1, 0.15) is 24.4 Å². The first kappa shape index (κ1) is 58.2. The summed E-state index contributed by atoms with van der Waals surface area (Å²) in [6.07, 6.45) is 36.9. The van der Waals surface area contributed by atoms with Crippen LogP contribution in [0.2, 0.25) is 0 Å². The standard InChI is InChI=1S/C51H95NO10/c1-3-5-7-9-11-13-14-15-19-23-27-31-35-39-47(56)60-40-36-32-28-24-20-17-16-18-22-26-30-34-38-46(55)52-43(44(54)37-33-29-25-21-12-10-8-6-4-2)42-61-51-50(59)49(58)48(57)45(41-53)62-51/h17,20,33,37,43-45,48-51,53-54,57-59H,3-16,18-19,21-32,34-36,38-42H2,1-2H3,(H,52,55)/b20-17-,37-33+. The molecule has 62 heavy (non-hydrogen) atoms. The van der Waals surface area contributed by atoms with E-state index in [0.717, 1.165) is 96.3 Å². The number of ether oxygens (including phenoxy) is 3. The van der Waals surface area contributed by atoms with E-state index in [1.54, 1.807) is 6.08 Å². The predicted octanol–water partition coefficient (Wildman–Crippen LogP) is 10.2. The fraction of sp³-hybridized carbons (Fsp3) is 0.882. The fourth-order valence-corrected chi connectivity index (χ4v) is 7.90. The van der Waals surface area contributed by atoms with Gasteiger partial charge >= 0.3 is 5.97 Å². The Balaban J connectivity index is 2.16. The first-order valence-corrected chi connectivity index (χ1v) is 25.6. The Bertz CT molecular complexity index is 1090. The molecule has 0 aromatic rings. The number of aliphatic hydroxyl groups is 5. The quantitative estimate of drug-likeness (QED) is 0.0196. The minimum atomic E-state index is -1.58. The van der Waals surface area contributed by atoms with Gasteiger partial charge in [0.05, 0.1) is 32.0 Å². The minimum Gasteiger partial charge on any atom is -0.466 e. The van der Waals surface area contributed by atoms with Crippen molar-refractivity contribution in [3.05, 3.63) is 24.3 Å². The summed E-state index contributed by atoms with van der Waals surface area (Å²) in [5, 5.41) is 54.0. The van der Waals surface area contributed by atoms with E-state index in [-0.39, 0.29) is 18.5 Å². The van der Waals surface area contributed by atoms with E-state index in [1.807, 2.05) is 6.08 Å². The van der Waals surface area contributed by atoms with Gasteiger partial charge in [0.25, 0.3) is 0 Å². The molecular weight excluding hydrogens is 787 g/mol. The molecule has 0 bridgehead atoms. The van der Waals surface area contributed by atoms with Crippen LogP contribution in [0, 0.1) is 0 Å². The average Bonchev–Trinajstić information content (AvgIpc) is 3.27. The van der Waals surface area contributed by atoms with Crippen molar-refractivity contribution in [1.29, 1.82) is 0 Å². The second-order valence-electron chi connectivity index (χ2n) is 17.9. The SMILES string of the molecule is CCCCCCCCC/C=C/C(O)C(COC1OC(CO)C(O)C(O)C1O)NC(=O)CCCCCCC/C=C\CCCCCOC(=O)CCCCCCCCCCCCCCC. The Morgan fingerprint density at radius 3 is 1.55 bits per heavy atom. The summed E-state index contributed by atoms with van der Waals surface area (Å²) in [6.45, 7) is 4.22. The fourth-order valence-electron chi connectivity index (χ4n) is 7.90. The number of hydrogen-bond donors (Lipinski definition) is 6. The summed E-state index contributed by atoms with van der Waals surface area (Å²) in [5.41, 5.74) is 0. The van der Waals surface area contributed by atoms with E-state index < -0.39 is 49.5 Å². The van der Waals surface area contributed by atoms with Crippen LogP contribution in [0.3, 0.4) is 0 Å². The lowest BCUT2D eigenvalue weighted by Gasteiger charge is -2.40. The number of amides is 1. The predicted molar refractivity (Wildman–Crippen MR) is 251 cm³/mol. The van der Waals surface area contributed by atoms with Crippen molar-refractivity contribution >= 4 is 11.9 Å². The van der Waals surface area contributed by atoms with E-state index in [9.17, 15) is 35.1 Å². The van der Waals surface area contributed by atoms with Crippen molar-refractivity contribution in [2.75, 3.05) is 19.8 Å². The van der Waals surface area contributed by atoms with Gasteiger partial charge in [-0.15, -0.1) is 0 Å². The molecule has 0 saturated carbocycles. The number of carbonyl (C=O) groups excluding carboxylic acids is 2. The van der Waals surface area contributed by atoms with Crippen molar-refractivity contribution in [2.45, 2.75) is 269 Å². The summed E-state index contributed by atoms with van der Waals surface area (Å²) < 4.78 is 16.6. The number of esters is 1. The third-order valence-electron chi connectivity index (χ3n) is 12.1. The van der Waals surface area contributed by atoms with Crippen LogP contribution in [0.1, 0.15) is 226 Å². The number of rotatable bonds is 43. The molecule has 0 aliphatic carbocycles. The molecule has 364 valence electrons. The van der Waals surface area contributed by atoms with Crippen LogP contribution in [-0.4, -0.2) is 100 Å². The Morgan fingerprint density at radius 1 is 0.581 bits per heavy atom. The van der Waals surface area contributed by atoms with E-state index in [1.165, 1.54) is 103 Å². The van der Waals surface area contributed by atoms with Crippen LogP contribution in [-0.2, 0) is 23.8 Å². The largest absolute Gasteiger partial charge is 0.466 e. The van der Waals surface area contributed by atoms with E-state index in [0.29, 0.717) is 19.4 Å². The third kappa shape index (κ3) is 31.9. The van der Waals surface area contributed by atoms with Crippen molar-refractivity contribution in [2.24, 2.45) is 0 Å². The average molecular weight is 882 g/mol. The molecule has 0 spiro atoms. The van der Waals surface area contributed by atoms with Gasteiger partial charge in [-0.25, -0.2) is 0 Å². The molecule has 1 amide bonds. The molecule has 11 nitrogen and oxygen atoms in total. The molecule has 1 aliphatic heterocycles. The van der Waals surface area contributed by atoms with Crippen LogP contribution in [0.25, 0.3) is 0 Å².